The van der Waals surface area contributed by atoms with Crippen LogP contribution in [0.2, 0.25) is 0 Å². The van der Waals surface area contributed by atoms with Gasteiger partial charge < -0.3 is 14.4 Å². The molecule has 1 atom stereocenters. The van der Waals surface area contributed by atoms with E-state index >= 15 is 0 Å². The van der Waals surface area contributed by atoms with Crippen LogP contribution >= 0.6 is 0 Å². The molecule has 0 aliphatic carbocycles. The van der Waals surface area contributed by atoms with E-state index in [0.717, 1.165) is 22.3 Å². The summed E-state index contributed by atoms with van der Waals surface area (Å²) in [6, 6.07) is 10.5. The maximum Gasteiger partial charge on any atom is 0.122 e. The van der Waals surface area contributed by atoms with E-state index < -0.39 is 6.10 Å². The van der Waals surface area contributed by atoms with Gasteiger partial charge in [-0.1, -0.05) is 32.9 Å². The molecule has 1 N–H and O–H groups in total. The number of hydrogen-bond acceptors (Lipinski definition) is 3. The van der Waals surface area contributed by atoms with Crippen LogP contribution in [0.3, 0.4) is 0 Å². The summed E-state index contributed by atoms with van der Waals surface area (Å²) >= 11 is 0. The number of aromatic nitrogens is 2. The van der Waals surface area contributed by atoms with Gasteiger partial charge in [0.2, 0.25) is 0 Å². The van der Waals surface area contributed by atoms with Crippen LogP contribution in [0.4, 0.5) is 0 Å². The molecule has 0 saturated heterocycles. The van der Waals surface area contributed by atoms with Crippen molar-refractivity contribution in [3.8, 4) is 5.75 Å². The topological polar surface area (TPSA) is 47.3 Å². The number of hydrogen-bond donors (Lipinski definition) is 1. The molecular weight excluding hydrogens is 336 g/mol. The van der Waals surface area contributed by atoms with Crippen molar-refractivity contribution >= 4 is 11.0 Å². The standard InChI is InChI=1S/C23H30N2O2/c1-15-7-8-18(23(4,5)6)11-22(15)27-13-19(26)12-25-14-24-20-9-16(2)17(3)10-21(20)25/h7-11,14,19,26H,12-13H2,1-6H3. The molecule has 1 unspecified atom stereocenters. The van der Waals surface area contributed by atoms with Crippen LogP contribution < -0.4 is 4.74 Å². The summed E-state index contributed by atoms with van der Waals surface area (Å²) in [7, 11) is 0. The molecule has 0 bridgehead atoms. The number of aliphatic hydroxyl groups excluding tert-OH is 1. The Bertz CT molecular complexity index is 951. The van der Waals surface area contributed by atoms with Gasteiger partial charge in [0, 0.05) is 0 Å². The van der Waals surface area contributed by atoms with Crippen molar-refractivity contribution in [2.75, 3.05) is 6.61 Å². The van der Waals surface area contributed by atoms with E-state index in [4.69, 9.17) is 4.74 Å². The van der Waals surface area contributed by atoms with Crippen LogP contribution in [0.15, 0.2) is 36.7 Å². The first-order chi connectivity index (χ1) is 12.6. The number of benzene rings is 2. The van der Waals surface area contributed by atoms with Gasteiger partial charge in [0.15, 0.2) is 0 Å². The summed E-state index contributed by atoms with van der Waals surface area (Å²) in [5.74, 6) is 0.837. The fourth-order valence-electron chi connectivity index (χ4n) is 3.15. The van der Waals surface area contributed by atoms with Crippen molar-refractivity contribution in [2.24, 2.45) is 0 Å². The van der Waals surface area contributed by atoms with Crippen molar-refractivity contribution in [1.29, 1.82) is 0 Å². The summed E-state index contributed by atoms with van der Waals surface area (Å²) in [5, 5.41) is 10.5. The van der Waals surface area contributed by atoms with Gasteiger partial charge in [-0.3, -0.25) is 0 Å². The third kappa shape index (κ3) is 4.33. The van der Waals surface area contributed by atoms with Crippen molar-refractivity contribution in [3.05, 3.63) is 58.9 Å². The van der Waals surface area contributed by atoms with Gasteiger partial charge in [-0.05, 0) is 66.6 Å². The van der Waals surface area contributed by atoms with E-state index in [1.165, 1.54) is 16.7 Å². The molecule has 2 aromatic carbocycles. The number of fused-ring (bicyclic) bond motifs is 1. The maximum absolute atomic E-state index is 10.5. The zero-order valence-corrected chi connectivity index (χ0v) is 17.2. The molecule has 0 fully saturated rings. The maximum atomic E-state index is 10.5. The molecule has 1 aromatic heterocycles. The molecule has 0 saturated carbocycles. The number of ether oxygens (including phenoxy) is 1. The second kappa shape index (κ2) is 7.35. The van der Waals surface area contributed by atoms with E-state index in [-0.39, 0.29) is 12.0 Å². The zero-order chi connectivity index (χ0) is 19.8. The first-order valence-electron chi connectivity index (χ1n) is 9.49. The van der Waals surface area contributed by atoms with Crippen LogP contribution in [-0.2, 0) is 12.0 Å². The Morgan fingerprint density at radius 2 is 1.74 bits per heavy atom. The molecule has 0 amide bonds. The fourth-order valence-corrected chi connectivity index (χ4v) is 3.15. The summed E-state index contributed by atoms with van der Waals surface area (Å²) in [4.78, 5) is 4.46. The lowest BCUT2D eigenvalue weighted by atomic mass is 9.86. The third-order valence-corrected chi connectivity index (χ3v) is 5.13. The Hall–Kier alpha value is -2.33. The van der Waals surface area contributed by atoms with Crippen LogP contribution in [0, 0.1) is 20.8 Å². The van der Waals surface area contributed by atoms with Crippen molar-refractivity contribution in [3.63, 3.8) is 0 Å². The van der Waals surface area contributed by atoms with E-state index in [2.05, 4.69) is 69.9 Å². The molecule has 144 valence electrons. The number of imidazole rings is 1. The largest absolute Gasteiger partial charge is 0.491 e. The Morgan fingerprint density at radius 3 is 2.44 bits per heavy atom. The summed E-state index contributed by atoms with van der Waals surface area (Å²) in [5.41, 5.74) is 6.83. The second-order valence-electron chi connectivity index (χ2n) is 8.52. The molecule has 4 heteroatoms. The molecule has 0 spiro atoms. The first-order valence-corrected chi connectivity index (χ1v) is 9.49. The highest BCUT2D eigenvalue weighted by Crippen LogP contribution is 2.28. The summed E-state index contributed by atoms with van der Waals surface area (Å²) in [6.07, 6.45) is 1.18. The van der Waals surface area contributed by atoms with Gasteiger partial charge >= 0.3 is 0 Å². The smallest absolute Gasteiger partial charge is 0.122 e. The van der Waals surface area contributed by atoms with E-state index in [1.807, 2.05) is 11.5 Å². The molecule has 4 nitrogen and oxygen atoms in total. The lowest BCUT2D eigenvalue weighted by Gasteiger charge is -2.21. The average molecular weight is 367 g/mol. The minimum atomic E-state index is -0.610. The monoisotopic (exact) mass is 366 g/mol. The van der Waals surface area contributed by atoms with E-state index in [1.54, 1.807) is 6.33 Å². The van der Waals surface area contributed by atoms with Gasteiger partial charge in [0.05, 0.1) is 23.9 Å². The Morgan fingerprint density at radius 1 is 1.04 bits per heavy atom. The van der Waals surface area contributed by atoms with E-state index in [0.29, 0.717) is 6.54 Å². The lowest BCUT2D eigenvalue weighted by Crippen LogP contribution is -2.23. The molecule has 3 rings (SSSR count). The molecule has 1 heterocycles. The highest BCUT2D eigenvalue weighted by Gasteiger charge is 2.16. The number of aryl methyl sites for hydroxylation is 3. The molecule has 27 heavy (non-hydrogen) atoms. The first kappa shape index (κ1) is 19.4. The van der Waals surface area contributed by atoms with Crippen LogP contribution in [0.1, 0.15) is 43.0 Å². The van der Waals surface area contributed by atoms with Crippen molar-refractivity contribution < 1.29 is 9.84 Å². The Labute approximate surface area is 161 Å². The summed E-state index contributed by atoms with van der Waals surface area (Å²) in [6.45, 7) is 13.5. The normalized spacial score (nSPS) is 13.1. The van der Waals surface area contributed by atoms with E-state index in [9.17, 15) is 5.11 Å². The zero-order valence-electron chi connectivity index (χ0n) is 17.2. The lowest BCUT2D eigenvalue weighted by molar-refractivity contribution is 0.0930. The predicted octanol–water partition coefficient (Wildman–Crippen LogP) is 4.70. The molecule has 0 aliphatic rings. The SMILES string of the molecule is Cc1cc2ncn(CC(O)COc3cc(C(C)(C)C)ccc3C)c2cc1C. The number of aliphatic hydroxyl groups is 1. The van der Waals surface area contributed by atoms with Gasteiger partial charge in [-0.25, -0.2) is 4.98 Å². The summed E-state index contributed by atoms with van der Waals surface area (Å²) < 4.78 is 7.95. The number of nitrogens with zero attached hydrogens (tertiary/aromatic N) is 2. The van der Waals surface area contributed by atoms with Crippen molar-refractivity contribution in [2.45, 2.75) is 59.6 Å². The third-order valence-electron chi connectivity index (χ3n) is 5.13. The fraction of sp³-hybridized carbons (Fsp3) is 0.435. The number of rotatable bonds is 5. The minimum Gasteiger partial charge on any atom is -0.491 e. The van der Waals surface area contributed by atoms with Gasteiger partial charge in [0.1, 0.15) is 18.5 Å². The Balaban J connectivity index is 1.70. The van der Waals surface area contributed by atoms with Crippen LogP contribution in [0.5, 0.6) is 5.75 Å². The van der Waals surface area contributed by atoms with Crippen LogP contribution in [0.25, 0.3) is 11.0 Å². The predicted molar refractivity (Wildman–Crippen MR) is 111 cm³/mol. The molecule has 3 aromatic rings. The average Bonchev–Trinajstić information content (AvgIpc) is 2.95. The Kier molecular flexibility index (Phi) is 5.29. The molecule has 0 aliphatic heterocycles. The second-order valence-corrected chi connectivity index (χ2v) is 8.52. The highest BCUT2D eigenvalue weighted by molar-refractivity contribution is 5.77. The van der Waals surface area contributed by atoms with Gasteiger partial charge in [-0.2, -0.15) is 0 Å². The minimum absolute atomic E-state index is 0.0656. The van der Waals surface area contributed by atoms with Crippen molar-refractivity contribution in [1.82, 2.24) is 9.55 Å². The van der Waals surface area contributed by atoms with Gasteiger partial charge in [-0.15, -0.1) is 0 Å². The quantitative estimate of drug-likeness (QED) is 0.712. The highest BCUT2D eigenvalue weighted by atomic mass is 16.5. The van der Waals surface area contributed by atoms with Crippen LogP contribution in [-0.4, -0.2) is 27.4 Å². The molecule has 0 radical (unpaired) electrons. The molecular formula is C23H30N2O2. The van der Waals surface area contributed by atoms with Gasteiger partial charge in [0.25, 0.3) is 0 Å².